The Morgan fingerprint density at radius 3 is 2.52 bits per heavy atom. The Balaban J connectivity index is 1.59. The zero-order valence-corrected chi connectivity index (χ0v) is 18.4. The predicted molar refractivity (Wildman–Crippen MR) is 118 cm³/mol. The number of benzene rings is 2. The molecule has 0 saturated carbocycles. The standard InChI is InChI=1S/C22H25N3O5S/c1-4-15(2)19-7-5-6-8-20(19)29-14-22(26)23-17-9-11-18(12-10-17)31(27,28)25-21-13-16(3)30-24-21/h5-13,15H,4,14H2,1-3H3,(H,23,26)(H,24,25)/t15-/m0/s1. The minimum absolute atomic E-state index is 0.0323. The number of aromatic nitrogens is 1. The van der Waals surface area contributed by atoms with E-state index in [0.29, 0.717) is 23.1 Å². The smallest absolute Gasteiger partial charge is 0.263 e. The molecule has 2 aromatic carbocycles. The maximum atomic E-state index is 12.4. The second-order valence-corrected chi connectivity index (χ2v) is 8.82. The van der Waals surface area contributed by atoms with Crippen LogP contribution < -0.4 is 14.8 Å². The minimum atomic E-state index is -3.82. The third-order valence-corrected chi connectivity index (χ3v) is 6.11. The van der Waals surface area contributed by atoms with E-state index >= 15 is 0 Å². The number of nitrogens with one attached hydrogen (secondary N) is 2. The van der Waals surface area contributed by atoms with Crippen LogP contribution in [0.4, 0.5) is 11.5 Å². The summed E-state index contributed by atoms with van der Waals surface area (Å²) in [4.78, 5) is 12.3. The van der Waals surface area contributed by atoms with Crippen molar-refractivity contribution in [2.24, 2.45) is 0 Å². The molecule has 164 valence electrons. The number of aryl methyl sites for hydroxylation is 1. The van der Waals surface area contributed by atoms with Gasteiger partial charge in [-0.1, -0.05) is 37.2 Å². The lowest BCUT2D eigenvalue weighted by atomic mass is 9.98. The quantitative estimate of drug-likeness (QED) is 0.510. The van der Waals surface area contributed by atoms with E-state index in [2.05, 4.69) is 29.0 Å². The van der Waals surface area contributed by atoms with Gasteiger partial charge in [-0.05, 0) is 55.2 Å². The van der Waals surface area contributed by atoms with E-state index in [9.17, 15) is 13.2 Å². The largest absolute Gasteiger partial charge is 0.483 e. The van der Waals surface area contributed by atoms with Gasteiger partial charge < -0.3 is 14.6 Å². The van der Waals surface area contributed by atoms with Gasteiger partial charge in [0.15, 0.2) is 12.4 Å². The van der Waals surface area contributed by atoms with Crippen molar-refractivity contribution >= 4 is 27.4 Å². The number of rotatable bonds is 9. The average Bonchev–Trinajstić information content (AvgIpc) is 3.16. The first kappa shape index (κ1) is 22.4. The lowest BCUT2D eigenvalue weighted by Gasteiger charge is -2.15. The number of nitrogens with zero attached hydrogens (tertiary/aromatic N) is 1. The van der Waals surface area contributed by atoms with Crippen LogP contribution in [0.3, 0.4) is 0 Å². The summed E-state index contributed by atoms with van der Waals surface area (Å²) in [7, 11) is -3.82. The summed E-state index contributed by atoms with van der Waals surface area (Å²) in [5.41, 5.74) is 1.52. The summed E-state index contributed by atoms with van der Waals surface area (Å²) < 4.78 is 37.7. The molecule has 1 heterocycles. The molecule has 1 atom stereocenters. The fourth-order valence-corrected chi connectivity index (χ4v) is 3.89. The molecule has 1 aromatic heterocycles. The lowest BCUT2D eigenvalue weighted by Crippen LogP contribution is -2.20. The average molecular weight is 444 g/mol. The van der Waals surface area contributed by atoms with Crippen molar-refractivity contribution in [3.63, 3.8) is 0 Å². The number of amides is 1. The number of para-hydroxylation sites is 1. The van der Waals surface area contributed by atoms with Crippen molar-refractivity contribution in [1.82, 2.24) is 5.16 Å². The molecule has 0 aliphatic carbocycles. The molecule has 0 aliphatic rings. The van der Waals surface area contributed by atoms with Gasteiger partial charge in [0.25, 0.3) is 15.9 Å². The summed E-state index contributed by atoms with van der Waals surface area (Å²) in [6.45, 7) is 5.71. The molecule has 31 heavy (non-hydrogen) atoms. The monoisotopic (exact) mass is 443 g/mol. The van der Waals surface area contributed by atoms with Crippen molar-refractivity contribution < 1.29 is 22.5 Å². The van der Waals surface area contributed by atoms with Gasteiger partial charge in [-0.2, -0.15) is 0 Å². The van der Waals surface area contributed by atoms with Gasteiger partial charge in [0.2, 0.25) is 0 Å². The first-order valence-electron chi connectivity index (χ1n) is 9.86. The SMILES string of the molecule is CC[C@H](C)c1ccccc1OCC(=O)Nc1ccc(S(=O)(=O)Nc2cc(C)on2)cc1. The second kappa shape index (κ2) is 9.65. The molecule has 3 rings (SSSR count). The van der Waals surface area contributed by atoms with Crippen molar-refractivity contribution in [2.75, 3.05) is 16.6 Å². The molecule has 0 aliphatic heterocycles. The van der Waals surface area contributed by atoms with E-state index in [1.54, 1.807) is 6.92 Å². The highest BCUT2D eigenvalue weighted by Crippen LogP contribution is 2.28. The zero-order valence-electron chi connectivity index (χ0n) is 17.6. The Bertz CT molecular complexity index is 1140. The number of ether oxygens (including phenoxy) is 1. The van der Waals surface area contributed by atoms with Crippen LogP contribution in [-0.4, -0.2) is 26.1 Å². The molecule has 0 saturated heterocycles. The summed E-state index contributed by atoms with van der Waals surface area (Å²) >= 11 is 0. The summed E-state index contributed by atoms with van der Waals surface area (Å²) in [5.74, 6) is 1.26. The van der Waals surface area contributed by atoms with Crippen LogP contribution in [0.2, 0.25) is 0 Å². The van der Waals surface area contributed by atoms with Gasteiger partial charge in [0.1, 0.15) is 11.5 Å². The first-order chi connectivity index (χ1) is 14.8. The molecule has 0 bridgehead atoms. The Kier molecular flexibility index (Phi) is 6.96. The van der Waals surface area contributed by atoms with Crippen LogP contribution in [0.5, 0.6) is 5.75 Å². The van der Waals surface area contributed by atoms with E-state index < -0.39 is 10.0 Å². The summed E-state index contributed by atoms with van der Waals surface area (Å²) in [6.07, 6.45) is 0.965. The van der Waals surface area contributed by atoms with E-state index in [-0.39, 0.29) is 23.2 Å². The molecule has 8 nitrogen and oxygen atoms in total. The van der Waals surface area contributed by atoms with Gasteiger partial charge in [-0.25, -0.2) is 8.42 Å². The molecule has 1 amide bonds. The first-order valence-corrected chi connectivity index (χ1v) is 11.3. The van der Waals surface area contributed by atoms with Crippen LogP contribution in [0, 0.1) is 6.92 Å². The third kappa shape index (κ3) is 5.85. The Morgan fingerprint density at radius 2 is 1.87 bits per heavy atom. The zero-order chi connectivity index (χ0) is 22.4. The van der Waals surface area contributed by atoms with E-state index in [4.69, 9.17) is 9.26 Å². The van der Waals surface area contributed by atoms with Gasteiger partial charge in [0.05, 0.1) is 4.90 Å². The fourth-order valence-electron chi connectivity index (χ4n) is 2.91. The van der Waals surface area contributed by atoms with Crippen molar-refractivity contribution in [3.05, 3.63) is 65.9 Å². The Hall–Kier alpha value is -3.33. The summed E-state index contributed by atoms with van der Waals surface area (Å²) in [6, 6.07) is 14.9. The summed E-state index contributed by atoms with van der Waals surface area (Å²) in [5, 5.41) is 6.32. The molecule has 3 aromatic rings. The van der Waals surface area contributed by atoms with Crippen LogP contribution in [0.1, 0.15) is 37.5 Å². The number of anilines is 2. The molecule has 2 N–H and O–H groups in total. The predicted octanol–water partition coefficient (Wildman–Crippen LogP) is 4.31. The molecule has 9 heteroatoms. The lowest BCUT2D eigenvalue weighted by molar-refractivity contribution is -0.118. The maximum Gasteiger partial charge on any atom is 0.263 e. The number of carbonyl (C=O) groups is 1. The highest BCUT2D eigenvalue weighted by molar-refractivity contribution is 7.92. The molecule has 0 radical (unpaired) electrons. The topological polar surface area (TPSA) is 111 Å². The second-order valence-electron chi connectivity index (χ2n) is 7.14. The molecular formula is C22H25N3O5S. The maximum absolute atomic E-state index is 12.4. The third-order valence-electron chi connectivity index (χ3n) is 4.74. The minimum Gasteiger partial charge on any atom is -0.483 e. The Labute approximate surface area is 181 Å². The van der Waals surface area contributed by atoms with E-state index in [1.165, 1.54) is 30.3 Å². The highest BCUT2D eigenvalue weighted by Gasteiger charge is 2.17. The van der Waals surface area contributed by atoms with Crippen LogP contribution >= 0.6 is 0 Å². The van der Waals surface area contributed by atoms with Gasteiger partial charge in [-0.3, -0.25) is 9.52 Å². The number of hydrogen-bond acceptors (Lipinski definition) is 6. The Morgan fingerprint density at radius 1 is 1.16 bits per heavy atom. The number of carbonyl (C=O) groups excluding carboxylic acids is 1. The highest BCUT2D eigenvalue weighted by atomic mass is 32.2. The molecule has 0 spiro atoms. The van der Waals surface area contributed by atoms with Gasteiger partial charge >= 0.3 is 0 Å². The van der Waals surface area contributed by atoms with Crippen LogP contribution in [0.25, 0.3) is 0 Å². The van der Waals surface area contributed by atoms with Gasteiger partial charge in [-0.15, -0.1) is 0 Å². The number of hydrogen-bond donors (Lipinski definition) is 2. The van der Waals surface area contributed by atoms with Crippen LogP contribution in [-0.2, 0) is 14.8 Å². The molecule has 0 fully saturated rings. The van der Waals surface area contributed by atoms with Gasteiger partial charge in [0, 0.05) is 11.8 Å². The molecular weight excluding hydrogens is 418 g/mol. The van der Waals surface area contributed by atoms with Crippen molar-refractivity contribution in [1.29, 1.82) is 0 Å². The number of sulfonamides is 1. The molecule has 0 unspecified atom stereocenters. The van der Waals surface area contributed by atoms with E-state index in [0.717, 1.165) is 12.0 Å². The normalized spacial score (nSPS) is 12.2. The van der Waals surface area contributed by atoms with Crippen molar-refractivity contribution in [3.8, 4) is 5.75 Å². The van der Waals surface area contributed by atoms with E-state index in [1.807, 2.05) is 24.3 Å². The van der Waals surface area contributed by atoms with Crippen LogP contribution in [0.15, 0.2) is 64.0 Å². The van der Waals surface area contributed by atoms with Crippen molar-refractivity contribution in [2.45, 2.75) is 38.0 Å². The fraction of sp³-hybridized carbons (Fsp3) is 0.273.